The van der Waals surface area contributed by atoms with Crippen LogP contribution in [0.3, 0.4) is 0 Å². The van der Waals surface area contributed by atoms with E-state index >= 15 is 0 Å². The van der Waals surface area contributed by atoms with Gasteiger partial charge in [-0.25, -0.2) is 0 Å². The van der Waals surface area contributed by atoms with Crippen LogP contribution >= 0.6 is 11.3 Å². The van der Waals surface area contributed by atoms with E-state index in [9.17, 15) is 0 Å². The lowest BCUT2D eigenvalue weighted by atomic mass is 10.1. The molecule has 100 valence electrons. The van der Waals surface area contributed by atoms with Crippen LogP contribution in [0.25, 0.3) is 38.2 Å². The van der Waals surface area contributed by atoms with Crippen molar-refractivity contribution in [2.24, 2.45) is 0 Å². The van der Waals surface area contributed by atoms with Gasteiger partial charge in [0.1, 0.15) is 10.5 Å². The van der Waals surface area contributed by atoms with Crippen molar-refractivity contribution in [2.75, 3.05) is 0 Å². The first-order valence-electron chi connectivity index (χ1n) is 6.82. The molecule has 4 heteroatoms. The minimum absolute atomic E-state index is 1.03. The van der Waals surface area contributed by atoms with Gasteiger partial charge >= 0.3 is 0 Å². The van der Waals surface area contributed by atoms with Crippen molar-refractivity contribution >= 4 is 38.2 Å². The second kappa shape index (κ2) is 3.96. The number of H-pyrrole nitrogens is 1. The van der Waals surface area contributed by atoms with E-state index in [0.29, 0.717) is 0 Å². The highest BCUT2D eigenvalue weighted by atomic mass is 32.1. The Bertz CT molecular complexity index is 1080. The maximum absolute atomic E-state index is 4.48. The summed E-state index contributed by atoms with van der Waals surface area (Å²) >= 11 is 1.77. The molecule has 5 rings (SSSR count). The third kappa shape index (κ3) is 1.45. The number of hydrogen-bond acceptors (Lipinski definition) is 2. The molecule has 0 aliphatic rings. The fourth-order valence-corrected chi connectivity index (χ4v) is 4.02. The summed E-state index contributed by atoms with van der Waals surface area (Å²) in [5, 5.41) is 3.46. The number of thiophene rings is 1. The number of benzene rings is 1. The van der Waals surface area contributed by atoms with Crippen molar-refractivity contribution in [3.63, 3.8) is 0 Å². The van der Waals surface area contributed by atoms with Crippen LogP contribution < -0.4 is 0 Å². The van der Waals surface area contributed by atoms with Gasteiger partial charge in [-0.05, 0) is 30.3 Å². The van der Waals surface area contributed by atoms with Gasteiger partial charge in [-0.1, -0.05) is 18.2 Å². The van der Waals surface area contributed by atoms with Crippen LogP contribution in [0.2, 0.25) is 0 Å². The summed E-state index contributed by atoms with van der Waals surface area (Å²) in [5.74, 6) is 0. The lowest BCUT2D eigenvalue weighted by Crippen LogP contribution is -1.78. The van der Waals surface area contributed by atoms with Gasteiger partial charge in [-0.15, -0.1) is 11.3 Å². The quantitative estimate of drug-likeness (QED) is 0.477. The zero-order valence-electron chi connectivity index (χ0n) is 11.1. The van der Waals surface area contributed by atoms with Gasteiger partial charge in [0.2, 0.25) is 0 Å². The van der Waals surface area contributed by atoms with Gasteiger partial charge in [0.15, 0.2) is 0 Å². The minimum atomic E-state index is 1.03. The summed E-state index contributed by atoms with van der Waals surface area (Å²) in [4.78, 5) is 9.22. The van der Waals surface area contributed by atoms with Crippen molar-refractivity contribution in [3.05, 3.63) is 60.1 Å². The van der Waals surface area contributed by atoms with Crippen LogP contribution in [-0.2, 0) is 0 Å². The Labute approximate surface area is 124 Å². The highest BCUT2D eigenvalue weighted by molar-refractivity contribution is 7.17. The molecule has 0 atom stereocenters. The molecule has 0 saturated heterocycles. The summed E-state index contributed by atoms with van der Waals surface area (Å²) in [6, 6.07) is 16.7. The molecule has 3 nitrogen and oxygen atoms in total. The summed E-state index contributed by atoms with van der Waals surface area (Å²) in [7, 11) is 0. The molecule has 5 aromatic rings. The number of pyridine rings is 1. The number of rotatable bonds is 1. The van der Waals surface area contributed by atoms with Gasteiger partial charge < -0.3 is 4.98 Å². The van der Waals surface area contributed by atoms with Crippen LogP contribution in [0.5, 0.6) is 0 Å². The van der Waals surface area contributed by atoms with E-state index in [1.54, 1.807) is 11.3 Å². The van der Waals surface area contributed by atoms with Crippen LogP contribution in [0.1, 0.15) is 0 Å². The Morgan fingerprint density at radius 2 is 1.95 bits per heavy atom. The predicted octanol–water partition coefficient (Wildman–Crippen LogP) is 4.70. The number of aromatic amines is 1. The maximum Gasteiger partial charge on any atom is 0.116 e. The second-order valence-corrected chi connectivity index (χ2v) is 5.95. The fraction of sp³-hybridized carbons (Fsp3) is 0. The number of imidazole rings is 1. The minimum Gasteiger partial charge on any atom is -0.340 e. The molecule has 4 aromatic heterocycles. The van der Waals surface area contributed by atoms with Crippen LogP contribution in [0.4, 0.5) is 0 Å². The van der Waals surface area contributed by atoms with Gasteiger partial charge in [-0.3, -0.25) is 9.38 Å². The normalized spacial score (nSPS) is 11.8. The fourth-order valence-electron chi connectivity index (χ4n) is 2.94. The SMILES string of the molecule is c1ccc(-c2csc3c2cc2[nH]c4ccccc4n23)nc1. The highest BCUT2D eigenvalue weighted by Gasteiger charge is 2.14. The molecule has 0 spiro atoms. The molecule has 0 fully saturated rings. The Hall–Kier alpha value is -2.59. The third-order valence-corrected chi connectivity index (χ3v) is 4.86. The average Bonchev–Trinajstić information content (AvgIpc) is 3.16. The summed E-state index contributed by atoms with van der Waals surface area (Å²) in [5.41, 5.74) is 5.76. The number of para-hydroxylation sites is 2. The Balaban J connectivity index is 1.90. The van der Waals surface area contributed by atoms with E-state index in [1.165, 1.54) is 26.8 Å². The molecule has 0 aliphatic carbocycles. The number of fused-ring (bicyclic) bond motifs is 5. The van der Waals surface area contributed by atoms with Crippen molar-refractivity contribution in [1.82, 2.24) is 14.4 Å². The van der Waals surface area contributed by atoms with Crippen molar-refractivity contribution in [1.29, 1.82) is 0 Å². The monoisotopic (exact) mass is 289 g/mol. The van der Waals surface area contributed by atoms with Crippen molar-refractivity contribution in [3.8, 4) is 11.3 Å². The smallest absolute Gasteiger partial charge is 0.116 e. The van der Waals surface area contributed by atoms with Gasteiger partial charge in [0.25, 0.3) is 0 Å². The highest BCUT2D eigenvalue weighted by Crippen LogP contribution is 2.36. The standard InChI is InChI=1S/C17H11N3S/c1-2-7-15-14(6-1)19-16-9-11-12(10-21-17(11)20(15)16)13-5-3-4-8-18-13/h1-10,19H. The molecule has 0 saturated carbocycles. The van der Waals surface area contributed by atoms with Crippen LogP contribution in [0.15, 0.2) is 60.1 Å². The first-order valence-corrected chi connectivity index (χ1v) is 7.70. The third-order valence-electron chi connectivity index (χ3n) is 3.88. The summed E-state index contributed by atoms with van der Waals surface area (Å²) < 4.78 is 2.29. The van der Waals surface area contributed by atoms with Crippen LogP contribution in [0, 0.1) is 0 Å². The largest absolute Gasteiger partial charge is 0.340 e. The van der Waals surface area contributed by atoms with E-state index in [0.717, 1.165) is 11.3 Å². The molecule has 21 heavy (non-hydrogen) atoms. The summed E-state index contributed by atoms with van der Waals surface area (Å²) in [6.45, 7) is 0. The number of aromatic nitrogens is 3. The Morgan fingerprint density at radius 1 is 1.05 bits per heavy atom. The topological polar surface area (TPSA) is 33.1 Å². The number of nitrogens with one attached hydrogen (secondary N) is 1. The average molecular weight is 289 g/mol. The van der Waals surface area contributed by atoms with Crippen molar-refractivity contribution in [2.45, 2.75) is 0 Å². The molecule has 1 N–H and O–H groups in total. The number of hydrogen-bond donors (Lipinski definition) is 1. The zero-order chi connectivity index (χ0) is 13.8. The van der Waals surface area contributed by atoms with E-state index in [1.807, 2.05) is 18.3 Å². The van der Waals surface area contributed by atoms with Gasteiger partial charge in [0, 0.05) is 22.5 Å². The molecular formula is C17H11N3S. The summed E-state index contributed by atoms with van der Waals surface area (Å²) in [6.07, 6.45) is 1.84. The first-order chi connectivity index (χ1) is 10.4. The molecule has 0 unspecified atom stereocenters. The maximum atomic E-state index is 4.48. The lowest BCUT2D eigenvalue weighted by Gasteiger charge is -1.95. The zero-order valence-corrected chi connectivity index (χ0v) is 11.9. The molecular weight excluding hydrogens is 278 g/mol. The van der Waals surface area contributed by atoms with E-state index in [-0.39, 0.29) is 0 Å². The van der Waals surface area contributed by atoms with E-state index < -0.39 is 0 Å². The van der Waals surface area contributed by atoms with E-state index in [4.69, 9.17) is 0 Å². The van der Waals surface area contributed by atoms with Crippen molar-refractivity contribution < 1.29 is 0 Å². The second-order valence-electron chi connectivity index (χ2n) is 5.09. The lowest BCUT2D eigenvalue weighted by molar-refractivity contribution is 1.34. The molecule has 1 aromatic carbocycles. The predicted molar refractivity (Wildman–Crippen MR) is 87.9 cm³/mol. The molecule has 4 heterocycles. The van der Waals surface area contributed by atoms with Crippen LogP contribution in [-0.4, -0.2) is 14.4 Å². The number of nitrogens with zero attached hydrogens (tertiary/aromatic N) is 2. The molecule has 0 amide bonds. The first kappa shape index (κ1) is 11.1. The molecule has 0 radical (unpaired) electrons. The Morgan fingerprint density at radius 3 is 2.86 bits per heavy atom. The van der Waals surface area contributed by atoms with Gasteiger partial charge in [-0.2, -0.15) is 0 Å². The van der Waals surface area contributed by atoms with E-state index in [2.05, 4.69) is 56.1 Å². The Kier molecular flexibility index (Phi) is 2.10. The molecule has 0 aliphatic heterocycles. The molecule has 0 bridgehead atoms. The van der Waals surface area contributed by atoms with Gasteiger partial charge in [0.05, 0.1) is 16.7 Å².